The molecule has 1 aromatic rings. The number of hydrogen-bond acceptors (Lipinski definition) is 4. The number of carbonyl (C=O) groups is 1. The fraction of sp³-hybridized carbons (Fsp3) is 0.286. The summed E-state index contributed by atoms with van der Waals surface area (Å²) in [5.74, 6) is -0.625. The number of carboxylic acid groups (broad SMARTS) is 1. The van der Waals surface area contributed by atoms with Gasteiger partial charge < -0.3 is 15.3 Å². The van der Waals surface area contributed by atoms with Crippen molar-refractivity contribution in [3.8, 4) is 0 Å². The Morgan fingerprint density at radius 3 is 3.08 bits per heavy atom. The second kappa shape index (κ2) is 4.18. The molecular weight excluding hydrogens is 178 g/mol. The van der Waals surface area contributed by atoms with Crippen molar-refractivity contribution in [1.82, 2.24) is 0 Å². The summed E-state index contributed by atoms with van der Waals surface area (Å²) in [6.07, 6.45) is 3.09. The van der Waals surface area contributed by atoms with Gasteiger partial charge in [0.15, 0.2) is 0 Å². The molecule has 0 radical (unpaired) electrons. The van der Waals surface area contributed by atoms with Crippen LogP contribution in [-0.2, 0) is 4.79 Å². The molecule has 1 aromatic heterocycles. The van der Waals surface area contributed by atoms with E-state index in [1.54, 1.807) is 12.3 Å². The van der Waals surface area contributed by atoms with Crippen molar-refractivity contribution in [3.05, 3.63) is 18.6 Å². The van der Waals surface area contributed by atoms with E-state index in [2.05, 4.69) is 0 Å². The molecule has 3 N–H and O–H groups in total. The van der Waals surface area contributed by atoms with E-state index in [0.717, 1.165) is 4.90 Å². The molecule has 0 saturated heterocycles. The van der Waals surface area contributed by atoms with Crippen LogP contribution < -0.4 is 5.73 Å². The average Bonchev–Trinajstić information content (AvgIpc) is 2.51. The monoisotopic (exact) mass is 187 g/mol. The molecular formula is C7H9NO3S. The number of thioether (sulfide) groups is 1. The van der Waals surface area contributed by atoms with E-state index in [1.165, 1.54) is 18.0 Å². The highest BCUT2D eigenvalue weighted by Gasteiger charge is 2.11. The summed E-state index contributed by atoms with van der Waals surface area (Å²) in [7, 11) is 0. The molecule has 0 amide bonds. The van der Waals surface area contributed by atoms with Crippen LogP contribution >= 0.6 is 11.8 Å². The van der Waals surface area contributed by atoms with Gasteiger partial charge in [-0.05, 0) is 6.07 Å². The van der Waals surface area contributed by atoms with E-state index in [4.69, 9.17) is 15.3 Å². The summed E-state index contributed by atoms with van der Waals surface area (Å²) >= 11 is 1.36. The Hall–Kier alpha value is -0.940. The van der Waals surface area contributed by atoms with Crippen LogP contribution in [0.3, 0.4) is 0 Å². The topological polar surface area (TPSA) is 76.5 Å². The molecule has 1 atom stereocenters. The van der Waals surface area contributed by atoms with Crippen LogP contribution in [0.25, 0.3) is 0 Å². The second-order valence-corrected chi connectivity index (χ2v) is 3.31. The maximum Gasteiger partial charge on any atom is 0.321 e. The Morgan fingerprint density at radius 2 is 2.58 bits per heavy atom. The third kappa shape index (κ3) is 2.60. The summed E-state index contributed by atoms with van der Waals surface area (Å²) < 4.78 is 4.80. The third-order valence-corrected chi connectivity index (χ3v) is 2.33. The van der Waals surface area contributed by atoms with Gasteiger partial charge in [0.2, 0.25) is 0 Å². The van der Waals surface area contributed by atoms with Crippen LogP contribution in [-0.4, -0.2) is 22.9 Å². The molecule has 0 aliphatic rings. The first kappa shape index (κ1) is 9.15. The number of hydrogen-bond donors (Lipinski definition) is 2. The van der Waals surface area contributed by atoms with Crippen molar-refractivity contribution in [1.29, 1.82) is 0 Å². The van der Waals surface area contributed by atoms with E-state index in [9.17, 15) is 4.79 Å². The van der Waals surface area contributed by atoms with Gasteiger partial charge in [0.25, 0.3) is 0 Å². The normalized spacial score (nSPS) is 12.8. The smallest absolute Gasteiger partial charge is 0.321 e. The predicted molar refractivity (Wildman–Crippen MR) is 45.0 cm³/mol. The van der Waals surface area contributed by atoms with E-state index >= 15 is 0 Å². The minimum Gasteiger partial charge on any atom is -0.480 e. The SMILES string of the molecule is N[C@@H](CSc1ccoc1)C(=O)O. The number of aliphatic carboxylic acids is 1. The largest absolute Gasteiger partial charge is 0.480 e. The highest BCUT2D eigenvalue weighted by molar-refractivity contribution is 7.99. The quantitative estimate of drug-likeness (QED) is 0.681. The Balaban J connectivity index is 2.31. The second-order valence-electron chi connectivity index (χ2n) is 2.21. The third-order valence-electron chi connectivity index (χ3n) is 1.24. The lowest BCUT2D eigenvalue weighted by Crippen LogP contribution is -2.32. The predicted octanol–water partition coefficient (Wildman–Crippen LogP) is 0.784. The lowest BCUT2D eigenvalue weighted by Gasteiger charge is -2.02. The molecule has 0 fully saturated rings. The van der Waals surface area contributed by atoms with Gasteiger partial charge in [-0.15, -0.1) is 11.8 Å². The van der Waals surface area contributed by atoms with Crippen molar-refractivity contribution < 1.29 is 14.3 Å². The van der Waals surface area contributed by atoms with Crippen LogP contribution in [0.15, 0.2) is 27.9 Å². The van der Waals surface area contributed by atoms with Crippen LogP contribution in [0.4, 0.5) is 0 Å². The van der Waals surface area contributed by atoms with Gasteiger partial charge in [0, 0.05) is 10.6 Å². The summed E-state index contributed by atoms with van der Waals surface area (Å²) in [4.78, 5) is 11.2. The molecule has 0 aliphatic carbocycles. The minimum atomic E-state index is -0.981. The highest BCUT2D eigenvalue weighted by atomic mass is 32.2. The summed E-state index contributed by atoms with van der Waals surface area (Å²) in [5.41, 5.74) is 5.28. The van der Waals surface area contributed by atoms with Crippen molar-refractivity contribution in [2.24, 2.45) is 5.73 Å². The molecule has 0 spiro atoms. The lowest BCUT2D eigenvalue weighted by atomic mass is 10.4. The van der Waals surface area contributed by atoms with E-state index < -0.39 is 12.0 Å². The first-order valence-corrected chi connectivity index (χ1v) is 4.32. The van der Waals surface area contributed by atoms with Gasteiger partial charge in [0.05, 0.1) is 6.26 Å². The Morgan fingerprint density at radius 1 is 1.83 bits per heavy atom. The molecule has 0 aliphatic heterocycles. The zero-order valence-electron chi connectivity index (χ0n) is 6.27. The molecule has 66 valence electrons. The zero-order chi connectivity index (χ0) is 8.97. The maximum absolute atomic E-state index is 10.3. The van der Waals surface area contributed by atoms with Gasteiger partial charge in [-0.1, -0.05) is 0 Å². The molecule has 0 unspecified atom stereocenters. The van der Waals surface area contributed by atoms with Gasteiger partial charge in [-0.2, -0.15) is 0 Å². The molecule has 4 nitrogen and oxygen atoms in total. The molecule has 1 rings (SSSR count). The van der Waals surface area contributed by atoms with Crippen molar-refractivity contribution >= 4 is 17.7 Å². The Kier molecular flexibility index (Phi) is 3.19. The highest BCUT2D eigenvalue weighted by Crippen LogP contribution is 2.18. The van der Waals surface area contributed by atoms with Crippen LogP contribution in [0.1, 0.15) is 0 Å². The fourth-order valence-corrected chi connectivity index (χ4v) is 1.38. The first-order chi connectivity index (χ1) is 5.70. The van der Waals surface area contributed by atoms with E-state index in [0.29, 0.717) is 5.75 Å². The van der Waals surface area contributed by atoms with E-state index in [1.807, 2.05) is 0 Å². The number of furan rings is 1. The molecule has 5 heteroatoms. The van der Waals surface area contributed by atoms with Gasteiger partial charge in [-0.25, -0.2) is 0 Å². The molecule has 0 aromatic carbocycles. The fourth-order valence-electron chi connectivity index (χ4n) is 0.591. The lowest BCUT2D eigenvalue weighted by molar-refractivity contribution is -0.137. The molecule has 1 heterocycles. The van der Waals surface area contributed by atoms with Crippen molar-refractivity contribution in [3.63, 3.8) is 0 Å². The van der Waals surface area contributed by atoms with Crippen molar-refractivity contribution in [2.75, 3.05) is 5.75 Å². The molecule has 0 saturated carbocycles. The summed E-state index contributed by atoms with van der Waals surface area (Å²) in [6.45, 7) is 0. The number of rotatable bonds is 4. The maximum atomic E-state index is 10.3. The van der Waals surface area contributed by atoms with Gasteiger partial charge in [-0.3, -0.25) is 4.79 Å². The molecule has 12 heavy (non-hydrogen) atoms. The minimum absolute atomic E-state index is 0.356. The van der Waals surface area contributed by atoms with Crippen molar-refractivity contribution in [2.45, 2.75) is 10.9 Å². The summed E-state index contributed by atoms with van der Waals surface area (Å²) in [5, 5.41) is 8.45. The van der Waals surface area contributed by atoms with Crippen LogP contribution in [0.2, 0.25) is 0 Å². The molecule has 0 bridgehead atoms. The first-order valence-electron chi connectivity index (χ1n) is 3.33. The van der Waals surface area contributed by atoms with Crippen LogP contribution in [0, 0.1) is 0 Å². The standard InChI is InChI=1S/C7H9NO3S/c8-6(7(9)10)4-12-5-1-2-11-3-5/h1-3,6H,4,8H2,(H,9,10)/t6-/m0/s1. The Labute approximate surface area is 73.7 Å². The Bertz CT molecular complexity index is 247. The van der Waals surface area contributed by atoms with Crippen LogP contribution in [0.5, 0.6) is 0 Å². The van der Waals surface area contributed by atoms with Gasteiger partial charge >= 0.3 is 5.97 Å². The average molecular weight is 187 g/mol. The number of carboxylic acids is 1. The number of nitrogens with two attached hydrogens (primary N) is 1. The van der Waals surface area contributed by atoms with Gasteiger partial charge in [0.1, 0.15) is 12.3 Å². The van der Waals surface area contributed by atoms with E-state index in [-0.39, 0.29) is 0 Å². The zero-order valence-corrected chi connectivity index (χ0v) is 7.08. The summed E-state index contributed by atoms with van der Waals surface area (Å²) in [6, 6.07) is 0.948.